The number of benzene rings is 1. The molecule has 0 heterocycles. The maximum absolute atomic E-state index is 5.55. The van der Waals surface area contributed by atoms with Crippen LogP contribution in [0.5, 0.6) is 0 Å². The quantitative estimate of drug-likeness (QED) is 0.639. The van der Waals surface area contributed by atoms with E-state index < -0.39 is 0 Å². The minimum atomic E-state index is 0.117. The van der Waals surface area contributed by atoms with Gasteiger partial charge in [0.15, 0.2) is 0 Å². The Hall–Kier alpha value is -1.12. The highest BCUT2D eigenvalue weighted by atomic mass is 16.5. The van der Waals surface area contributed by atoms with E-state index in [1.807, 2.05) is 24.3 Å². The lowest BCUT2D eigenvalue weighted by molar-refractivity contribution is 0.00386. The zero-order valence-electron chi connectivity index (χ0n) is 9.19. The number of rotatable bonds is 7. The normalized spacial score (nSPS) is 12.3. The number of ether oxygens (including phenoxy) is 2. The van der Waals surface area contributed by atoms with Crippen LogP contribution in [0, 0.1) is 0 Å². The fraction of sp³-hybridized carbons (Fsp3) is 0.385. The third kappa shape index (κ3) is 4.77. The van der Waals surface area contributed by atoms with Crippen LogP contribution in [-0.2, 0) is 16.1 Å². The topological polar surface area (TPSA) is 18.5 Å². The predicted octanol–water partition coefficient (Wildman–Crippen LogP) is 2.79. The minimum absolute atomic E-state index is 0.117. The van der Waals surface area contributed by atoms with Gasteiger partial charge in [-0.25, -0.2) is 0 Å². The summed E-state index contributed by atoms with van der Waals surface area (Å²) in [6, 6.07) is 10.1. The molecule has 0 unspecified atom stereocenters. The molecular formula is C13H18O2. The van der Waals surface area contributed by atoms with E-state index in [1.54, 1.807) is 7.11 Å². The van der Waals surface area contributed by atoms with Crippen molar-refractivity contribution in [2.24, 2.45) is 0 Å². The van der Waals surface area contributed by atoms with Gasteiger partial charge in [0.2, 0.25) is 0 Å². The van der Waals surface area contributed by atoms with Gasteiger partial charge < -0.3 is 9.47 Å². The van der Waals surface area contributed by atoms with Crippen molar-refractivity contribution in [3.8, 4) is 0 Å². The van der Waals surface area contributed by atoms with E-state index in [-0.39, 0.29) is 6.10 Å². The van der Waals surface area contributed by atoms with Gasteiger partial charge in [0.25, 0.3) is 0 Å². The van der Waals surface area contributed by atoms with Crippen LogP contribution in [0.2, 0.25) is 0 Å². The third-order valence-corrected chi connectivity index (χ3v) is 2.18. The smallest absolute Gasteiger partial charge is 0.0839 e. The van der Waals surface area contributed by atoms with Crippen LogP contribution in [-0.4, -0.2) is 19.8 Å². The lowest BCUT2D eigenvalue weighted by atomic mass is 10.2. The summed E-state index contributed by atoms with van der Waals surface area (Å²) in [5.41, 5.74) is 1.19. The molecule has 0 aromatic heterocycles. The van der Waals surface area contributed by atoms with Gasteiger partial charge in [-0.3, -0.25) is 0 Å². The van der Waals surface area contributed by atoms with E-state index in [2.05, 4.69) is 18.7 Å². The summed E-state index contributed by atoms with van der Waals surface area (Å²) in [7, 11) is 1.69. The molecule has 0 saturated heterocycles. The van der Waals surface area contributed by atoms with Gasteiger partial charge in [0, 0.05) is 7.11 Å². The highest BCUT2D eigenvalue weighted by Gasteiger charge is 2.04. The predicted molar refractivity (Wildman–Crippen MR) is 61.7 cm³/mol. The summed E-state index contributed by atoms with van der Waals surface area (Å²) in [5.74, 6) is 0. The van der Waals surface area contributed by atoms with Gasteiger partial charge in [-0.05, 0) is 12.0 Å². The molecule has 2 nitrogen and oxygen atoms in total. The van der Waals surface area contributed by atoms with Crippen molar-refractivity contribution in [2.45, 2.75) is 19.1 Å². The Kier molecular flexibility index (Phi) is 5.74. The molecule has 0 radical (unpaired) electrons. The van der Waals surface area contributed by atoms with Gasteiger partial charge in [-0.1, -0.05) is 36.4 Å². The summed E-state index contributed by atoms with van der Waals surface area (Å²) in [6.45, 7) is 4.92. The largest absolute Gasteiger partial charge is 0.379 e. The zero-order valence-corrected chi connectivity index (χ0v) is 9.19. The molecule has 1 aromatic rings. The average Bonchev–Trinajstić information content (AvgIpc) is 2.29. The molecule has 0 N–H and O–H groups in total. The lowest BCUT2D eigenvalue weighted by Gasteiger charge is -2.13. The maximum Gasteiger partial charge on any atom is 0.0839 e. The molecule has 0 saturated carbocycles. The Bertz CT molecular complexity index is 269. The molecule has 1 aromatic carbocycles. The van der Waals surface area contributed by atoms with E-state index in [4.69, 9.17) is 9.47 Å². The van der Waals surface area contributed by atoms with Crippen LogP contribution < -0.4 is 0 Å². The van der Waals surface area contributed by atoms with E-state index >= 15 is 0 Å². The first-order valence-electron chi connectivity index (χ1n) is 5.12. The van der Waals surface area contributed by atoms with Crippen LogP contribution in [0.25, 0.3) is 0 Å². The van der Waals surface area contributed by atoms with Gasteiger partial charge >= 0.3 is 0 Å². The maximum atomic E-state index is 5.55. The van der Waals surface area contributed by atoms with Crippen LogP contribution >= 0.6 is 0 Å². The Morgan fingerprint density at radius 2 is 2.07 bits per heavy atom. The molecule has 2 heteroatoms. The van der Waals surface area contributed by atoms with Crippen LogP contribution in [0.4, 0.5) is 0 Å². The molecule has 0 spiro atoms. The van der Waals surface area contributed by atoms with Crippen molar-refractivity contribution in [3.63, 3.8) is 0 Å². The third-order valence-electron chi connectivity index (χ3n) is 2.18. The molecule has 82 valence electrons. The first-order valence-corrected chi connectivity index (χ1v) is 5.12. The van der Waals surface area contributed by atoms with Crippen molar-refractivity contribution in [2.75, 3.05) is 13.7 Å². The summed E-state index contributed by atoms with van der Waals surface area (Å²) >= 11 is 0. The van der Waals surface area contributed by atoms with Crippen LogP contribution in [0.15, 0.2) is 43.0 Å². The first-order chi connectivity index (χ1) is 7.36. The molecule has 1 rings (SSSR count). The highest BCUT2D eigenvalue weighted by molar-refractivity contribution is 5.13. The summed E-state index contributed by atoms with van der Waals surface area (Å²) < 4.78 is 10.8. The SMILES string of the molecule is C=CC[C@H](COCc1ccccc1)OC. The van der Waals surface area contributed by atoms with E-state index in [0.717, 1.165) is 6.42 Å². The Morgan fingerprint density at radius 3 is 2.67 bits per heavy atom. The van der Waals surface area contributed by atoms with Crippen LogP contribution in [0.3, 0.4) is 0 Å². The molecular weight excluding hydrogens is 188 g/mol. The zero-order chi connectivity index (χ0) is 10.9. The second-order valence-electron chi connectivity index (χ2n) is 3.38. The highest BCUT2D eigenvalue weighted by Crippen LogP contribution is 2.03. The fourth-order valence-corrected chi connectivity index (χ4v) is 1.30. The molecule has 15 heavy (non-hydrogen) atoms. The number of hydrogen-bond acceptors (Lipinski definition) is 2. The molecule has 0 aliphatic carbocycles. The van der Waals surface area contributed by atoms with Gasteiger partial charge in [-0.15, -0.1) is 6.58 Å². The van der Waals surface area contributed by atoms with Gasteiger partial charge in [0.1, 0.15) is 0 Å². The van der Waals surface area contributed by atoms with E-state index in [1.165, 1.54) is 5.56 Å². The Morgan fingerprint density at radius 1 is 1.33 bits per heavy atom. The van der Waals surface area contributed by atoms with Gasteiger partial charge in [-0.2, -0.15) is 0 Å². The average molecular weight is 206 g/mol. The van der Waals surface area contributed by atoms with E-state index in [9.17, 15) is 0 Å². The lowest BCUT2D eigenvalue weighted by Crippen LogP contribution is -2.17. The van der Waals surface area contributed by atoms with Gasteiger partial charge in [0.05, 0.1) is 19.3 Å². The van der Waals surface area contributed by atoms with Crippen molar-refractivity contribution < 1.29 is 9.47 Å². The minimum Gasteiger partial charge on any atom is -0.379 e. The van der Waals surface area contributed by atoms with E-state index in [0.29, 0.717) is 13.2 Å². The molecule has 1 atom stereocenters. The molecule has 0 aliphatic rings. The van der Waals surface area contributed by atoms with Crippen LogP contribution in [0.1, 0.15) is 12.0 Å². The summed E-state index contributed by atoms with van der Waals surface area (Å²) in [6.07, 6.45) is 2.79. The molecule has 0 fully saturated rings. The number of hydrogen-bond donors (Lipinski definition) is 0. The molecule has 0 amide bonds. The Balaban J connectivity index is 2.23. The fourth-order valence-electron chi connectivity index (χ4n) is 1.30. The molecule has 0 bridgehead atoms. The standard InChI is InChI=1S/C13H18O2/c1-3-7-13(14-2)11-15-10-12-8-5-4-6-9-12/h3-6,8-9,13H,1,7,10-11H2,2H3/t13-/m1/s1. The molecule has 0 aliphatic heterocycles. The van der Waals surface area contributed by atoms with Crippen molar-refractivity contribution in [3.05, 3.63) is 48.6 Å². The summed E-state index contributed by atoms with van der Waals surface area (Å²) in [5, 5.41) is 0. The monoisotopic (exact) mass is 206 g/mol. The first kappa shape index (κ1) is 12.0. The van der Waals surface area contributed by atoms with Crippen molar-refractivity contribution in [1.29, 1.82) is 0 Å². The van der Waals surface area contributed by atoms with Crippen molar-refractivity contribution >= 4 is 0 Å². The Labute approximate surface area is 91.5 Å². The second-order valence-corrected chi connectivity index (χ2v) is 3.38. The summed E-state index contributed by atoms with van der Waals surface area (Å²) in [4.78, 5) is 0. The second kappa shape index (κ2) is 7.21. The van der Waals surface area contributed by atoms with Crippen molar-refractivity contribution in [1.82, 2.24) is 0 Å². The number of methoxy groups -OCH3 is 1.